The van der Waals surface area contributed by atoms with Crippen molar-refractivity contribution in [2.45, 2.75) is 56.9 Å². The van der Waals surface area contributed by atoms with Crippen molar-refractivity contribution in [3.05, 3.63) is 11.8 Å². The Bertz CT molecular complexity index is 728. The monoisotopic (exact) mass is 415 g/mol. The number of fused-ring (bicyclic) bond motifs is 1. The molecule has 162 valence electrons. The van der Waals surface area contributed by atoms with E-state index in [-0.39, 0.29) is 35.9 Å². The number of carbonyl (C=O) groups is 1. The minimum absolute atomic E-state index is 0.0245. The van der Waals surface area contributed by atoms with Gasteiger partial charge in [-0.15, -0.1) is 0 Å². The van der Waals surface area contributed by atoms with Gasteiger partial charge in [0, 0.05) is 37.8 Å². The second-order valence-corrected chi connectivity index (χ2v) is 8.36. The third-order valence-electron chi connectivity index (χ3n) is 6.00. The van der Waals surface area contributed by atoms with Crippen LogP contribution < -0.4 is 10.6 Å². The van der Waals surface area contributed by atoms with Crippen molar-refractivity contribution in [1.29, 1.82) is 0 Å². The Kier molecular flexibility index (Phi) is 5.74. The number of nitrogens with one attached hydrogen (secondary N) is 2. The molecule has 0 bridgehead atoms. The molecule has 1 aromatic heterocycles. The zero-order chi connectivity index (χ0) is 20.6. The Morgan fingerprint density at radius 2 is 2.10 bits per heavy atom. The number of rotatable bonds is 6. The van der Waals surface area contributed by atoms with Crippen LogP contribution in [-0.4, -0.2) is 71.7 Å². The highest BCUT2D eigenvalue weighted by Gasteiger charge is 2.49. The Balaban J connectivity index is 1.39. The molecule has 1 amide bonds. The second kappa shape index (κ2) is 8.14. The maximum absolute atomic E-state index is 13.6. The van der Waals surface area contributed by atoms with Crippen molar-refractivity contribution in [3.63, 3.8) is 0 Å². The first-order chi connectivity index (χ1) is 13.8. The van der Waals surface area contributed by atoms with Crippen LogP contribution in [0.25, 0.3) is 0 Å². The zero-order valence-corrected chi connectivity index (χ0v) is 16.5. The lowest BCUT2D eigenvalue weighted by Crippen LogP contribution is -2.41. The molecule has 7 nitrogen and oxygen atoms in total. The van der Waals surface area contributed by atoms with Gasteiger partial charge in [-0.05, 0) is 38.5 Å². The fourth-order valence-corrected chi connectivity index (χ4v) is 4.09. The Labute approximate surface area is 167 Å². The zero-order valence-electron chi connectivity index (χ0n) is 16.5. The van der Waals surface area contributed by atoms with Crippen molar-refractivity contribution in [2.75, 3.05) is 38.2 Å². The van der Waals surface area contributed by atoms with Gasteiger partial charge in [0.25, 0.3) is 5.91 Å². The fourth-order valence-electron chi connectivity index (χ4n) is 4.09. The van der Waals surface area contributed by atoms with E-state index in [1.54, 1.807) is 0 Å². The number of hydrogen-bond acceptors (Lipinski definition) is 5. The van der Waals surface area contributed by atoms with Gasteiger partial charge >= 0.3 is 6.18 Å². The van der Waals surface area contributed by atoms with E-state index in [0.29, 0.717) is 0 Å². The molecule has 2 aliphatic heterocycles. The van der Waals surface area contributed by atoms with Gasteiger partial charge in [0.15, 0.2) is 11.7 Å². The molecule has 0 aromatic carbocycles. The minimum Gasteiger partial charge on any atom is -0.379 e. The maximum atomic E-state index is 13.6. The summed E-state index contributed by atoms with van der Waals surface area (Å²) in [5, 5.41) is 10.0. The van der Waals surface area contributed by atoms with E-state index in [2.05, 4.69) is 20.6 Å². The van der Waals surface area contributed by atoms with Crippen molar-refractivity contribution in [1.82, 2.24) is 20.0 Å². The summed E-state index contributed by atoms with van der Waals surface area (Å²) >= 11 is 0. The lowest BCUT2D eigenvalue weighted by Gasteiger charge is -2.33. The van der Waals surface area contributed by atoms with E-state index in [1.165, 1.54) is 6.07 Å². The second-order valence-electron chi connectivity index (χ2n) is 8.36. The summed E-state index contributed by atoms with van der Waals surface area (Å²) in [5.41, 5.74) is 0.0245. The molecular weight excluding hydrogens is 387 g/mol. The average Bonchev–Trinajstić information content (AvgIpc) is 3.44. The molecule has 0 spiro atoms. The van der Waals surface area contributed by atoms with Crippen LogP contribution >= 0.6 is 0 Å². The summed E-state index contributed by atoms with van der Waals surface area (Å²) < 4.78 is 47.0. The van der Waals surface area contributed by atoms with Crippen molar-refractivity contribution in [3.8, 4) is 0 Å². The predicted molar refractivity (Wildman–Crippen MR) is 101 cm³/mol. The van der Waals surface area contributed by atoms with Gasteiger partial charge in [0.2, 0.25) is 0 Å². The molecule has 29 heavy (non-hydrogen) atoms. The quantitative estimate of drug-likeness (QED) is 0.747. The van der Waals surface area contributed by atoms with Crippen molar-refractivity contribution in [2.24, 2.45) is 5.92 Å². The molecular formula is C19H28F3N5O2. The Morgan fingerprint density at radius 1 is 1.38 bits per heavy atom. The molecule has 1 saturated heterocycles. The van der Waals surface area contributed by atoms with E-state index in [0.717, 1.165) is 56.8 Å². The smallest absolute Gasteiger partial charge is 0.379 e. The number of alkyl halides is 3. The highest BCUT2D eigenvalue weighted by atomic mass is 19.4. The highest BCUT2D eigenvalue weighted by Crippen LogP contribution is 2.45. The lowest BCUT2D eigenvalue weighted by molar-refractivity contribution is -0.174. The topological polar surface area (TPSA) is 71.4 Å². The standard InChI is InChI=1S/C19H28F3N5O2/c1-12(4-5-26-6-8-29-9-7-26)23-18(28)15-11-17-24-14(13-2-3-13)10-16(19(20,21)22)27(17)25-15/h11-14,16,24H,2-10H2,1H3,(H,23,28)/t12-,14-,16+/m0/s1. The van der Waals surface area contributed by atoms with Gasteiger partial charge in [-0.1, -0.05) is 0 Å². The normalized spacial score (nSPS) is 26.5. The summed E-state index contributed by atoms with van der Waals surface area (Å²) in [4.78, 5) is 14.9. The van der Waals surface area contributed by atoms with Crippen LogP contribution in [-0.2, 0) is 4.74 Å². The first kappa shape index (κ1) is 20.5. The number of carbonyl (C=O) groups excluding carboxylic acids is 1. The van der Waals surface area contributed by atoms with Crippen LogP contribution in [0.3, 0.4) is 0 Å². The molecule has 3 aliphatic rings. The van der Waals surface area contributed by atoms with Crippen LogP contribution in [0.4, 0.5) is 19.0 Å². The molecule has 1 aliphatic carbocycles. The number of anilines is 1. The Hall–Kier alpha value is -1.81. The van der Waals surface area contributed by atoms with Gasteiger partial charge in [-0.2, -0.15) is 18.3 Å². The maximum Gasteiger partial charge on any atom is 0.410 e. The van der Waals surface area contributed by atoms with Gasteiger partial charge in [0.1, 0.15) is 5.82 Å². The number of nitrogens with zero attached hydrogens (tertiary/aromatic N) is 3. The third kappa shape index (κ3) is 4.85. The summed E-state index contributed by atoms with van der Waals surface area (Å²) in [5.74, 6) is 0.120. The Morgan fingerprint density at radius 3 is 2.76 bits per heavy atom. The number of ether oxygens (including phenoxy) is 1. The SMILES string of the molecule is C[C@@H](CCN1CCOCC1)NC(=O)c1cc2n(n1)[C@@H](C(F)(F)F)C[C@@H](C1CC1)N2. The lowest BCUT2D eigenvalue weighted by atomic mass is 10.0. The largest absolute Gasteiger partial charge is 0.410 e. The first-order valence-electron chi connectivity index (χ1n) is 10.3. The van der Waals surface area contributed by atoms with Gasteiger partial charge in [0.05, 0.1) is 13.2 Å². The van der Waals surface area contributed by atoms with Gasteiger partial charge in [-0.3, -0.25) is 9.69 Å². The van der Waals surface area contributed by atoms with Crippen LogP contribution in [0, 0.1) is 5.92 Å². The number of amides is 1. The number of hydrogen-bond donors (Lipinski definition) is 2. The molecule has 3 heterocycles. The van der Waals surface area contributed by atoms with Crippen LogP contribution in [0.5, 0.6) is 0 Å². The van der Waals surface area contributed by atoms with Crippen LogP contribution in [0.1, 0.15) is 49.1 Å². The van der Waals surface area contributed by atoms with E-state index in [9.17, 15) is 18.0 Å². The molecule has 10 heteroatoms. The van der Waals surface area contributed by atoms with Gasteiger partial charge < -0.3 is 15.4 Å². The summed E-state index contributed by atoms with van der Waals surface area (Å²) in [6.45, 7) is 5.92. The van der Waals surface area contributed by atoms with E-state index in [1.807, 2.05) is 6.92 Å². The molecule has 0 radical (unpaired) electrons. The molecule has 0 unspecified atom stereocenters. The third-order valence-corrected chi connectivity index (χ3v) is 6.00. The number of halogens is 3. The molecule has 4 rings (SSSR count). The summed E-state index contributed by atoms with van der Waals surface area (Å²) in [6.07, 6.45) is -1.78. The van der Waals surface area contributed by atoms with E-state index >= 15 is 0 Å². The van der Waals surface area contributed by atoms with E-state index in [4.69, 9.17) is 4.74 Å². The molecule has 2 N–H and O–H groups in total. The average molecular weight is 415 g/mol. The van der Waals surface area contributed by atoms with Crippen molar-refractivity contribution < 1.29 is 22.7 Å². The van der Waals surface area contributed by atoms with Crippen LogP contribution in [0.2, 0.25) is 0 Å². The number of aromatic nitrogens is 2. The van der Waals surface area contributed by atoms with E-state index < -0.39 is 18.1 Å². The minimum atomic E-state index is -4.39. The molecule has 1 aromatic rings. The first-order valence-corrected chi connectivity index (χ1v) is 10.3. The number of morpholine rings is 1. The summed E-state index contributed by atoms with van der Waals surface area (Å²) in [7, 11) is 0. The van der Waals surface area contributed by atoms with Crippen molar-refractivity contribution >= 4 is 11.7 Å². The summed E-state index contributed by atoms with van der Waals surface area (Å²) in [6, 6.07) is -0.564. The molecule has 2 fully saturated rings. The molecule has 1 saturated carbocycles. The fraction of sp³-hybridized carbons (Fsp3) is 0.789. The highest BCUT2D eigenvalue weighted by molar-refractivity contribution is 5.93. The molecule has 3 atom stereocenters. The predicted octanol–water partition coefficient (Wildman–Crippen LogP) is 2.42. The van der Waals surface area contributed by atoms with Gasteiger partial charge in [-0.25, -0.2) is 4.68 Å². The van der Waals surface area contributed by atoms with Crippen LogP contribution in [0.15, 0.2) is 6.07 Å².